The molecule has 0 bridgehead atoms. The average molecular weight is 389 g/mol. The summed E-state index contributed by atoms with van der Waals surface area (Å²) in [5.74, 6) is -2.74. The molecule has 1 aromatic rings. The molecule has 0 fully saturated rings. The number of benzene rings is 1. The van der Waals surface area contributed by atoms with E-state index in [2.05, 4.69) is 0 Å². The normalized spacial score (nSPS) is 20.0. The largest absolute Gasteiger partial charge is 0.505 e. The number of aliphatic carboxylic acids is 2. The van der Waals surface area contributed by atoms with Crippen molar-refractivity contribution in [1.29, 1.82) is 0 Å². The Morgan fingerprint density at radius 1 is 1.14 bits per heavy atom. The lowest BCUT2D eigenvalue weighted by atomic mass is 9.77. The van der Waals surface area contributed by atoms with E-state index in [4.69, 9.17) is 4.74 Å². The molecule has 2 rings (SSSR count). The van der Waals surface area contributed by atoms with E-state index in [-0.39, 0.29) is 11.5 Å². The van der Waals surface area contributed by atoms with Crippen LogP contribution in [0.4, 0.5) is 0 Å². The van der Waals surface area contributed by atoms with E-state index in [1.54, 1.807) is 26.0 Å². The number of rotatable bonds is 7. The molecule has 3 N–H and O–H groups in total. The third kappa shape index (κ3) is 3.69. The minimum absolute atomic E-state index is 0.185. The first kappa shape index (κ1) is 21.3. The van der Waals surface area contributed by atoms with Crippen LogP contribution in [0.15, 0.2) is 46.9 Å². The van der Waals surface area contributed by atoms with Gasteiger partial charge in [-0.15, -0.1) is 0 Å². The Bertz CT molecular complexity index is 837. The highest BCUT2D eigenvalue weighted by Crippen LogP contribution is 2.42. The number of ether oxygens (including phenoxy) is 1. The van der Waals surface area contributed by atoms with Crippen LogP contribution in [0.2, 0.25) is 0 Å². The second-order valence-electron chi connectivity index (χ2n) is 7.43. The monoisotopic (exact) mass is 389 g/mol. The lowest BCUT2D eigenvalue weighted by molar-refractivity contribution is -0.137. The molecule has 0 aromatic heterocycles. The van der Waals surface area contributed by atoms with Crippen molar-refractivity contribution >= 4 is 11.9 Å². The van der Waals surface area contributed by atoms with Gasteiger partial charge in [-0.05, 0) is 43.4 Å². The summed E-state index contributed by atoms with van der Waals surface area (Å²) in [4.78, 5) is 25.6. The van der Waals surface area contributed by atoms with Gasteiger partial charge in [-0.1, -0.05) is 26.0 Å². The van der Waals surface area contributed by atoms with Crippen molar-refractivity contribution < 1.29 is 29.6 Å². The summed E-state index contributed by atoms with van der Waals surface area (Å²) in [5, 5.41) is 30.0. The van der Waals surface area contributed by atoms with Gasteiger partial charge >= 0.3 is 11.9 Å². The number of aliphatic hydroxyl groups excluding tert-OH is 1. The van der Waals surface area contributed by atoms with Crippen LogP contribution in [0.1, 0.15) is 32.8 Å². The second kappa shape index (κ2) is 7.96. The number of nitrogens with zero attached hydrogens (tertiary/aromatic N) is 1. The van der Waals surface area contributed by atoms with E-state index in [1.807, 2.05) is 38.1 Å². The number of aryl methyl sites for hydroxylation is 1. The highest BCUT2D eigenvalue weighted by atomic mass is 16.5. The van der Waals surface area contributed by atoms with E-state index in [0.717, 1.165) is 11.3 Å². The maximum Gasteiger partial charge on any atom is 0.340 e. The maximum atomic E-state index is 12.0. The molecule has 0 amide bonds. The van der Waals surface area contributed by atoms with Crippen LogP contribution in [0.25, 0.3) is 0 Å². The molecule has 0 radical (unpaired) electrons. The van der Waals surface area contributed by atoms with Crippen molar-refractivity contribution in [2.75, 3.05) is 14.2 Å². The van der Waals surface area contributed by atoms with Crippen LogP contribution >= 0.6 is 0 Å². The zero-order valence-corrected chi connectivity index (χ0v) is 16.8. The van der Waals surface area contributed by atoms with E-state index in [9.17, 15) is 24.9 Å². The van der Waals surface area contributed by atoms with Gasteiger partial charge in [0.2, 0.25) is 0 Å². The Labute approximate surface area is 164 Å². The van der Waals surface area contributed by atoms with Gasteiger partial charge in [0.05, 0.1) is 23.9 Å². The third-order valence-corrected chi connectivity index (χ3v) is 5.40. The molecule has 1 aliphatic rings. The molecular weight excluding hydrogens is 362 g/mol. The Kier molecular flexibility index (Phi) is 6.07. The number of hydrogen-bond donors (Lipinski definition) is 3. The lowest BCUT2D eigenvalue weighted by Crippen LogP contribution is -2.52. The van der Waals surface area contributed by atoms with Crippen LogP contribution in [0, 0.1) is 5.92 Å². The summed E-state index contributed by atoms with van der Waals surface area (Å²) in [7, 11) is 3.28. The summed E-state index contributed by atoms with van der Waals surface area (Å²) < 4.78 is 5.15. The SMILES string of the molecule is COc1ccc(CCC2(C)C(C(=O)O)=C(C(=O)O)C(O)=C(C(C)C)N2C)cc1. The first-order valence-electron chi connectivity index (χ1n) is 9.06. The quantitative estimate of drug-likeness (QED) is 0.657. The second-order valence-corrected chi connectivity index (χ2v) is 7.43. The molecule has 0 aliphatic carbocycles. The highest BCUT2D eigenvalue weighted by Gasteiger charge is 2.47. The highest BCUT2D eigenvalue weighted by molar-refractivity contribution is 6.04. The summed E-state index contributed by atoms with van der Waals surface area (Å²) in [6.07, 6.45) is 0.887. The molecule has 0 spiro atoms. The molecule has 152 valence electrons. The van der Waals surface area contributed by atoms with Crippen molar-refractivity contribution in [2.45, 2.75) is 39.2 Å². The summed E-state index contributed by atoms with van der Waals surface area (Å²) in [6, 6.07) is 7.43. The van der Waals surface area contributed by atoms with E-state index < -0.39 is 28.8 Å². The van der Waals surface area contributed by atoms with Crippen molar-refractivity contribution in [2.24, 2.45) is 5.92 Å². The van der Waals surface area contributed by atoms with E-state index in [1.165, 1.54) is 0 Å². The summed E-state index contributed by atoms with van der Waals surface area (Å²) >= 11 is 0. The van der Waals surface area contributed by atoms with Crippen LogP contribution in [-0.4, -0.2) is 51.9 Å². The van der Waals surface area contributed by atoms with Crippen LogP contribution in [0.3, 0.4) is 0 Å². The number of aliphatic hydroxyl groups is 1. The van der Waals surface area contributed by atoms with E-state index in [0.29, 0.717) is 18.5 Å². The number of hydrogen-bond acceptors (Lipinski definition) is 5. The number of likely N-dealkylation sites (N-methyl/N-ethyl adjacent to an activating group) is 1. The fourth-order valence-electron chi connectivity index (χ4n) is 3.79. The van der Waals surface area contributed by atoms with Gasteiger partial charge in [0, 0.05) is 7.05 Å². The predicted octanol–water partition coefficient (Wildman–Crippen LogP) is 3.22. The van der Waals surface area contributed by atoms with Crippen LogP contribution in [-0.2, 0) is 16.0 Å². The minimum Gasteiger partial charge on any atom is -0.505 e. The van der Waals surface area contributed by atoms with Crippen molar-refractivity contribution in [3.8, 4) is 5.75 Å². The average Bonchev–Trinajstić information content (AvgIpc) is 2.62. The van der Waals surface area contributed by atoms with Gasteiger partial charge in [0.1, 0.15) is 17.1 Å². The van der Waals surface area contributed by atoms with Gasteiger partial charge in [-0.3, -0.25) is 0 Å². The molecule has 1 unspecified atom stereocenters. The number of carboxylic acids is 2. The number of carboxylic acid groups (broad SMARTS) is 2. The van der Waals surface area contributed by atoms with Gasteiger partial charge < -0.3 is 25.0 Å². The summed E-state index contributed by atoms with van der Waals surface area (Å²) in [5.41, 5.74) is -0.559. The molecule has 0 saturated heterocycles. The lowest BCUT2D eigenvalue weighted by Gasteiger charge is -2.47. The fraction of sp³-hybridized carbons (Fsp3) is 0.429. The minimum atomic E-state index is -1.45. The molecule has 1 aromatic carbocycles. The topological polar surface area (TPSA) is 107 Å². The van der Waals surface area contributed by atoms with Crippen molar-refractivity contribution in [1.82, 2.24) is 4.90 Å². The zero-order valence-electron chi connectivity index (χ0n) is 16.8. The van der Waals surface area contributed by atoms with Crippen molar-refractivity contribution in [3.63, 3.8) is 0 Å². The zero-order chi connectivity index (χ0) is 21.2. The fourth-order valence-corrected chi connectivity index (χ4v) is 3.79. The Morgan fingerprint density at radius 3 is 2.14 bits per heavy atom. The maximum absolute atomic E-state index is 12.0. The molecule has 1 aliphatic heterocycles. The van der Waals surface area contributed by atoms with Gasteiger partial charge in [-0.25, -0.2) is 9.59 Å². The third-order valence-electron chi connectivity index (χ3n) is 5.40. The molecular formula is C21H27NO6. The smallest absolute Gasteiger partial charge is 0.340 e. The first-order chi connectivity index (χ1) is 13.0. The molecule has 7 heteroatoms. The number of methoxy groups -OCH3 is 1. The van der Waals surface area contributed by atoms with Crippen LogP contribution < -0.4 is 4.74 Å². The van der Waals surface area contributed by atoms with Gasteiger partial charge in [-0.2, -0.15) is 0 Å². The van der Waals surface area contributed by atoms with Gasteiger partial charge in [0.25, 0.3) is 0 Å². The van der Waals surface area contributed by atoms with Crippen molar-refractivity contribution in [3.05, 3.63) is 52.4 Å². The Balaban J connectivity index is 2.54. The molecule has 1 atom stereocenters. The molecule has 1 heterocycles. The van der Waals surface area contributed by atoms with E-state index >= 15 is 0 Å². The molecule has 0 saturated carbocycles. The first-order valence-corrected chi connectivity index (χ1v) is 9.06. The summed E-state index contributed by atoms with van der Waals surface area (Å²) in [6.45, 7) is 5.37. The van der Waals surface area contributed by atoms with Crippen LogP contribution in [0.5, 0.6) is 5.75 Å². The van der Waals surface area contributed by atoms with Gasteiger partial charge in [0.15, 0.2) is 0 Å². The Hall–Kier alpha value is -2.96. The molecule has 28 heavy (non-hydrogen) atoms. The predicted molar refractivity (Wildman–Crippen MR) is 104 cm³/mol. The molecule has 7 nitrogen and oxygen atoms in total. The number of allylic oxidation sites excluding steroid dienone is 1. The standard InChI is InChI=1S/C21H27NO6/c1-12(2)17-18(23)15(19(24)25)16(20(26)27)21(3,22(17)4)11-10-13-6-8-14(28-5)9-7-13/h6-9,12,23H,10-11H2,1-5H3,(H,24,25)(H,26,27). The Morgan fingerprint density at radius 2 is 1.71 bits per heavy atom. The number of carbonyl (C=O) groups is 2.